The maximum absolute atomic E-state index is 12.6. The molecule has 2 aromatic carbocycles. The minimum Gasteiger partial charge on any atom is -0.337 e. The SMILES string of the molecule is CCOC(OCC)(P=O)c1ccc(C(=O)Nc2ccc(C(F)(F)F)cc2)cc1. The van der Waals surface area contributed by atoms with Gasteiger partial charge in [0, 0.05) is 30.0 Å². The van der Waals surface area contributed by atoms with Crippen molar-refractivity contribution in [2.45, 2.75) is 25.6 Å². The molecule has 0 saturated carbocycles. The van der Waals surface area contributed by atoms with Crippen molar-refractivity contribution in [2.24, 2.45) is 0 Å². The summed E-state index contributed by atoms with van der Waals surface area (Å²) in [4.78, 5) is 12.3. The number of carbonyl (C=O) groups is 1. The largest absolute Gasteiger partial charge is 0.416 e. The van der Waals surface area contributed by atoms with E-state index in [0.29, 0.717) is 5.56 Å². The van der Waals surface area contributed by atoms with Gasteiger partial charge in [-0.15, -0.1) is 0 Å². The van der Waals surface area contributed by atoms with Crippen molar-refractivity contribution in [3.8, 4) is 0 Å². The molecule has 0 unspecified atom stereocenters. The van der Waals surface area contributed by atoms with Gasteiger partial charge in [-0.3, -0.25) is 9.36 Å². The lowest BCUT2D eigenvalue weighted by molar-refractivity contribution is -0.176. The van der Waals surface area contributed by atoms with E-state index in [1.54, 1.807) is 26.0 Å². The van der Waals surface area contributed by atoms with E-state index in [-0.39, 0.29) is 32.9 Å². The van der Waals surface area contributed by atoms with Gasteiger partial charge in [-0.1, -0.05) is 12.1 Å². The number of hydrogen-bond acceptors (Lipinski definition) is 4. The quantitative estimate of drug-likeness (QED) is 0.463. The molecule has 0 bridgehead atoms. The van der Waals surface area contributed by atoms with Crippen LogP contribution in [0.2, 0.25) is 0 Å². The number of anilines is 1. The molecule has 0 aliphatic heterocycles. The molecule has 0 aliphatic rings. The van der Waals surface area contributed by atoms with Crippen LogP contribution in [0.25, 0.3) is 0 Å². The summed E-state index contributed by atoms with van der Waals surface area (Å²) in [6.07, 6.45) is -4.44. The molecular weight excluding hydrogens is 394 g/mol. The van der Waals surface area contributed by atoms with Crippen molar-refractivity contribution in [1.82, 2.24) is 0 Å². The predicted octanol–water partition coefficient (Wildman–Crippen LogP) is 5.43. The molecule has 0 aromatic heterocycles. The minimum atomic E-state index is -4.44. The summed E-state index contributed by atoms with van der Waals surface area (Å²) in [6, 6.07) is 10.2. The number of hydrogen-bond donors (Lipinski definition) is 1. The third kappa shape index (κ3) is 5.16. The van der Waals surface area contributed by atoms with E-state index in [9.17, 15) is 22.5 Å². The van der Waals surface area contributed by atoms with Gasteiger partial charge in [-0.2, -0.15) is 13.2 Å². The summed E-state index contributed by atoms with van der Waals surface area (Å²) in [5.74, 6) is -0.496. The highest BCUT2D eigenvalue weighted by atomic mass is 31.1. The smallest absolute Gasteiger partial charge is 0.337 e. The number of ether oxygens (including phenoxy) is 2. The Morgan fingerprint density at radius 1 is 0.929 bits per heavy atom. The average Bonchev–Trinajstić information content (AvgIpc) is 2.67. The molecule has 1 amide bonds. The van der Waals surface area contributed by atoms with Gasteiger partial charge in [0.05, 0.1) is 5.56 Å². The fourth-order valence-corrected chi connectivity index (χ4v) is 3.10. The normalized spacial score (nSPS) is 12.2. The number of alkyl halides is 3. The lowest BCUT2D eigenvalue weighted by atomic mass is 10.1. The van der Waals surface area contributed by atoms with Gasteiger partial charge in [-0.25, -0.2) is 0 Å². The molecule has 2 aromatic rings. The van der Waals surface area contributed by atoms with E-state index < -0.39 is 23.2 Å². The van der Waals surface area contributed by atoms with Crippen molar-refractivity contribution < 1.29 is 32.0 Å². The second-order valence-corrected chi connectivity index (χ2v) is 6.42. The highest BCUT2D eigenvalue weighted by Crippen LogP contribution is 2.38. The summed E-state index contributed by atoms with van der Waals surface area (Å²) in [7, 11) is -0.380. The monoisotopic (exact) mass is 413 g/mol. The first-order valence-electron chi connectivity index (χ1n) is 8.47. The Morgan fingerprint density at radius 2 is 1.43 bits per heavy atom. The molecule has 0 atom stereocenters. The van der Waals surface area contributed by atoms with Crippen molar-refractivity contribution in [3.63, 3.8) is 0 Å². The minimum absolute atomic E-state index is 0.234. The van der Waals surface area contributed by atoms with Crippen molar-refractivity contribution in [1.29, 1.82) is 0 Å². The van der Waals surface area contributed by atoms with Crippen molar-refractivity contribution in [2.75, 3.05) is 18.5 Å². The van der Waals surface area contributed by atoms with Gasteiger partial charge in [0.25, 0.3) is 11.4 Å². The molecule has 0 aliphatic carbocycles. The molecule has 150 valence electrons. The van der Waals surface area contributed by atoms with E-state index >= 15 is 0 Å². The van der Waals surface area contributed by atoms with E-state index in [4.69, 9.17) is 9.47 Å². The first-order valence-corrected chi connectivity index (χ1v) is 9.28. The highest BCUT2D eigenvalue weighted by Gasteiger charge is 2.35. The van der Waals surface area contributed by atoms with E-state index in [1.807, 2.05) is 0 Å². The zero-order valence-corrected chi connectivity index (χ0v) is 16.1. The summed E-state index contributed by atoms with van der Waals surface area (Å²) >= 11 is 0. The van der Waals surface area contributed by atoms with Crippen LogP contribution in [0.1, 0.15) is 35.3 Å². The number of amides is 1. The second-order valence-electron chi connectivity index (χ2n) is 5.65. The summed E-state index contributed by atoms with van der Waals surface area (Å²) in [5.41, 5.74) is -1.27. The Labute approximate surface area is 162 Å². The third-order valence-corrected chi connectivity index (χ3v) is 4.54. The maximum Gasteiger partial charge on any atom is 0.416 e. The molecule has 28 heavy (non-hydrogen) atoms. The highest BCUT2D eigenvalue weighted by molar-refractivity contribution is 7.24. The maximum atomic E-state index is 12.6. The lowest BCUT2D eigenvalue weighted by Gasteiger charge is -2.26. The number of halogens is 3. The summed E-state index contributed by atoms with van der Waals surface area (Å²) < 4.78 is 60.4. The van der Waals surface area contributed by atoms with Crippen LogP contribution in [0.4, 0.5) is 18.9 Å². The number of rotatable bonds is 8. The fraction of sp³-hybridized carbons (Fsp3) is 0.316. The van der Waals surface area contributed by atoms with Gasteiger partial charge >= 0.3 is 6.18 Å². The van der Waals surface area contributed by atoms with Crippen molar-refractivity contribution >= 4 is 20.1 Å². The Hall–Kier alpha value is -2.28. The first-order chi connectivity index (χ1) is 13.3. The molecular formula is C19H19F3NO4P. The number of carbonyl (C=O) groups excluding carboxylic acids is 1. The van der Waals surface area contributed by atoms with Crippen LogP contribution < -0.4 is 5.32 Å². The van der Waals surface area contributed by atoms with Crippen LogP contribution in [-0.2, 0) is 25.7 Å². The van der Waals surface area contributed by atoms with Crippen LogP contribution in [0.5, 0.6) is 0 Å². The molecule has 0 saturated heterocycles. The van der Waals surface area contributed by atoms with E-state index in [1.165, 1.54) is 24.3 Å². The van der Waals surface area contributed by atoms with Gasteiger partial charge in [0.1, 0.15) is 0 Å². The fourth-order valence-electron chi connectivity index (χ4n) is 2.48. The van der Waals surface area contributed by atoms with Gasteiger partial charge in [0.2, 0.25) is 8.46 Å². The van der Waals surface area contributed by atoms with Crippen LogP contribution in [0.3, 0.4) is 0 Å². The molecule has 5 nitrogen and oxygen atoms in total. The van der Waals surface area contributed by atoms with Gasteiger partial charge < -0.3 is 14.8 Å². The predicted molar refractivity (Wildman–Crippen MR) is 98.4 cm³/mol. The molecule has 0 radical (unpaired) electrons. The first kappa shape index (κ1) is 22.0. The van der Waals surface area contributed by atoms with Crippen LogP contribution in [0, 0.1) is 0 Å². The van der Waals surface area contributed by atoms with Crippen LogP contribution in [0.15, 0.2) is 48.5 Å². The molecule has 2 rings (SSSR count). The molecule has 9 heteroatoms. The molecule has 0 spiro atoms. The molecule has 0 heterocycles. The summed E-state index contributed by atoms with van der Waals surface area (Å²) in [5, 5.41) is 2.53. The Kier molecular flexibility index (Phi) is 7.29. The Balaban J connectivity index is 2.16. The van der Waals surface area contributed by atoms with Crippen LogP contribution in [-0.4, -0.2) is 19.1 Å². The number of nitrogens with one attached hydrogen (secondary N) is 1. The second kappa shape index (κ2) is 9.28. The average molecular weight is 413 g/mol. The zero-order chi connectivity index (χ0) is 20.8. The molecule has 1 N–H and O–H groups in total. The summed E-state index contributed by atoms with van der Waals surface area (Å²) in [6.45, 7) is 4.02. The Bertz CT molecular complexity index is 801. The zero-order valence-electron chi connectivity index (χ0n) is 15.2. The lowest BCUT2D eigenvalue weighted by Crippen LogP contribution is -2.27. The standard InChI is InChI=1S/C19H19F3NO4P/c1-3-26-19(28-25,27-4-2)15-7-5-13(6-8-15)17(24)23-16-11-9-14(10-12-16)18(20,21)22/h5-12H,3-4H2,1-2H3,(H,23,24). The number of benzene rings is 2. The van der Waals surface area contributed by atoms with E-state index in [0.717, 1.165) is 12.1 Å². The van der Waals surface area contributed by atoms with Crippen molar-refractivity contribution in [3.05, 3.63) is 65.2 Å². The van der Waals surface area contributed by atoms with E-state index in [2.05, 4.69) is 5.32 Å². The topological polar surface area (TPSA) is 64.6 Å². The Morgan fingerprint density at radius 3 is 1.86 bits per heavy atom. The van der Waals surface area contributed by atoms with Gasteiger partial charge in [-0.05, 0) is 50.2 Å². The molecule has 0 fully saturated rings. The third-order valence-electron chi connectivity index (χ3n) is 3.78. The van der Waals surface area contributed by atoms with Crippen LogP contribution >= 0.6 is 8.46 Å². The van der Waals surface area contributed by atoms with Gasteiger partial charge in [0.15, 0.2) is 0 Å².